The monoisotopic (exact) mass is 261 g/mol. The summed E-state index contributed by atoms with van der Waals surface area (Å²) < 4.78 is 15.7. The molecule has 0 bridgehead atoms. The van der Waals surface area contributed by atoms with Crippen molar-refractivity contribution in [3.8, 4) is 11.4 Å². The number of aromatic nitrogens is 4. The van der Waals surface area contributed by atoms with Crippen molar-refractivity contribution >= 4 is 5.69 Å². The molecule has 2 aromatic rings. The van der Waals surface area contributed by atoms with Gasteiger partial charge in [-0.1, -0.05) is 6.42 Å². The van der Waals surface area contributed by atoms with E-state index in [1.54, 1.807) is 16.8 Å². The molecule has 1 atom stereocenters. The maximum Gasteiger partial charge on any atom is 0.185 e. The van der Waals surface area contributed by atoms with Gasteiger partial charge in [-0.05, 0) is 54.3 Å². The van der Waals surface area contributed by atoms with Crippen molar-refractivity contribution in [3.63, 3.8) is 0 Å². The van der Waals surface area contributed by atoms with Crippen LogP contribution in [0.5, 0.6) is 0 Å². The second-order valence-corrected chi connectivity index (χ2v) is 5.12. The van der Waals surface area contributed by atoms with Crippen molar-refractivity contribution in [2.75, 3.05) is 5.73 Å². The first-order valence-corrected chi connectivity index (χ1v) is 6.50. The Labute approximate surface area is 110 Å². The predicted octanol–water partition coefficient (Wildman–Crippen LogP) is 2.42. The summed E-state index contributed by atoms with van der Waals surface area (Å²) in [7, 11) is 0. The van der Waals surface area contributed by atoms with Gasteiger partial charge in [0.15, 0.2) is 5.82 Å². The summed E-state index contributed by atoms with van der Waals surface area (Å²) in [6.07, 6.45) is 3.62. The Balaban J connectivity index is 1.99. The van der Waals surface area contributed by atoms with E-state index in [9.17, 15) is 4.39 Å². The Morgan fingerprint density at radius 3 is 2.84 bits per heavy atom. The number of rotatable bonds is 3. The van der Waals surface area contributed by atoms with Crippen molar-refractivity contribution in [2.24, 2.45) is 5.92 Å². The summed E-state index contributed by atoms with van der Waals surface area (Å²) >= 11 is 0. The van der Waals surface area contributed by atoms with Crippen molar-refractivity contribution < 1.29 is 4.39 Å². The molecule has 19 heavy (non-hydrogen) atoms. The zero-order chi connectivity index (χ0) is 13.4. The molecule has 0 radical (unpaired) electrons. The van der Waals surface area contributed by atoms with Crippen molar-refractivity contribution in [1.29, 1.82) is 0 Å². The quantitative estimate of drug-likeness (QED) is 0.861. The first kappa shape index (κ1) is 12.1. The molecule has 5 nitrogen and oxygen atoms in total. The number of anilines is 1. The molecule has 1 fully saturated rings. The largest absolute Gasteiger partial charge is 0.399 e. The number of benzene rings is 1. The number of nitrogen functional groups attached to an aromatic ring is 1. The lowest BCUT2D eigenvalue weighted by Gasteiger charge is -2.31. The van der Waals surface area contributed by atoms with Crippen LogP contribution in [-0.2, 0) is 0 Å². The van der Waals surface area contributed by atoms with Crippen LogP contribution in [0, 0.1) is 11.7 Å². The fourth-order valence-corrected chi connectivity index (χ4v) is 2.48. The number of hydrogen-bond acceptors (Lipinski definition) is 4. The second kappa shape index (κ2) is 4.60. The van der Waals surface area contributed by atoms with E-state index in [1.807, 2.05) is 0 Å². The van der Waals surface area contributed by atoms with Crippen LogP contribution in [0.15, 0.2) is 18.2 Å². The van der Waals surface area contributed by atoms with E-state index < -0.39 is 5.82 Å². The molecule has 0 aliphatic heterocycles. The minimum absolute atomic E-state index is 0.190. The summed E-state index contributed by atoms with van der Waals surface area (Å²) in [5.74, 6) is 0.660. The molecular formula is C13H16FN5. The number of halogens is 1. The van der Waals surface area contributed by atoms with Crippen molar-refractivity contribution in [1.82, 2.24) is 20.2 Å². The Morgan fingerprint density at radius 1 is 1.42 bits per heavy atom. The Bertz CT molecular complexity index is 590. The fraction of sp³-hybridized carbons (Fsp3) is 0.462. The lowest BCUT2D eigenvalue weighted by Crippen LogP contribution is -2.24. The van der Waals surface area contributed by atoms with Gasteiger partial charge in [0, 0.05) is 5.69 Å². The average Bonchev–Trinajstić information content (AvgIpc) is 2.75. The molecule has 6 heteroatoms. The van der Waals surface area contributed by atoms with Crippen LogP contribution >= 0.6 is 0 Å². The summed E-state index contributed by atoms with van der Waals surface area (Å²) in [5.41, 5.74) is 6.35. The highest BCUT2D eigenvalue weighted by molar-refractivity contribution is 5.59. The molecule has 3 rings (SSSR count). The predicted molar refractivity (Wildman–Crippen MR) is 69.7 cm³/mol. The smallest absolute Gasteiger partial charge is 0.185 e. The highest BCUT2D eigenvalue weighted by atomic mass is 19.1. The van der Waals surface area contributed by atoms with Gasteiger partial charge in [0.05, 0.1) is 11.6 Å². The van der Waals surface area contributed by atoms with Crippen molar-refractivity contribution in [2.45, 2.75) is 32.2 Å². The Morgan fingerprint density at radius 2 is 2.21 bits per heavy atom. The Hall–Kier alpha value is -1.98. The first-order valence-electron chi connectivity index (χ1n) is 6.50. The SMILES string of the molecule is CC(C1CCC1)n1nnnc1-c1ccc(N)cc1F. The molecule has 1 saturated carbocycles. The molecule has 1 aromatic heterocycles. The lowest BCUT2D eigenvalue weighted by molar-refractivity contribution is 0.210. The second-order valence-electron chi connectivity index (χ2n) is 5.12. The van der Waals surface area contributed by atoms with Crippen LogP contribution in [0.1, 0.15) is 32.2 Å². The molecular weight excluding hydrogens is 245 g/mol. The fourth-order valence-electron chi connectivity index (χ4n) is 2.48. The van der Waals surface area contributed by atoms with E-state index in [-0.39, 0.29) is 6.04 Å². The Kier molecular flexibility index (Phi) is 2.93. The normalized spacial score (nSPS) is 17.2. The van der Waals surface area contributed by atoms with E-state index in [4.69, 9.17) is 5.73 Å². The van der Waals surface area contributed by atoms with Crippen LogP contribution in [-0.4, -0.2) is 20.2 Å². The molecule has 1 heterocycles. The van der Waals surface area contributed by atoms with Crippen LogP contribution in [0.25, 0.3) is 11.4 Å². The summed E-state index contributed by atoms with van der Waals surface area (Å²) in [4.78, 5) is 0. The highest BCUT2D eigenvalue weighted by Gasteiger charge is 2.28. The molecule has 1 aliphatic rings. The van der Waals surface area contributed by atoms with Gasteiger partial charge in [-0.25, -0.2) is 9.07 Å². The maximum atomic E-state index is 14.0. The number of nitrogens with zero attached hydrogens (tertiary/aromatic N) is 4. The molecule has 0 amide bonds. The third-order valence-corrected chi connectivity index (χ3v) is 3.94. The summed E-state index contributed by atoms with van der Waals surface area (Å²) in [5, 5.41) is 11.7. The van der Waals surface area contributed by atoms with Gasteiger partial charge in [-0.2, -0.15) is 0 Å². The van der Waals surface area contributed by atoms with Gasteiger partial charge in [-0.3, -0.25) is 0 Å². The molecule has 1 aromatic carbocycles. The van der Waals surface area contributed by atoms with Gasteiger partial charge in [0.2, 0.25) is 0 Å². The first-order chi connectivity index (χ1) is 9.16. The van der Waals surface area contributed by atoms with Crippen molar-refractivity contribution in [3.05, 3.63) is 24.0 Å². The third-order valence-electron chi connectivity index (χ3n) is 3.94. The standard InChI is InChI=1S/C13H16FN5/c1-8(9-3-2-4-9)19-13(16-17-18-19)11-6-5-10(15)7-12(11)14/h5-9H,2-4,15H2,1H3. The minimum atomic E-state index is -0.392. The lowest BCUT2D eigenvalue weighted by atomic mass is 9.80. The zero-order valence-electron chi connectivity index (χ0n) is 10.8. The minimum Gasteiger partial charge on any atom is -0.399 e. The van der Waals surface area contributed by atoms with E-state index in [1.165, 1.54) is 25.3 Å². The highest BCUT2D eigenvalue weighted by Crippen LogP contribution is 2.37. The summed E-state index contributed by atoms with van der Waals surface area (Å²) in [6.45, 7) is 2.08. The number of hydrogen-bond donors (Lipinski definition) is 1. The van der Waals surface area contributed by atoms with Crippen LogP contribution in [0.4, 0.5) is 10.1 Å². The molecule has 0 spiro atoms. The van der Waals surface area contributed by atoms with E-state index in [0.717, 1.165) is 0 Å². The topological polar surface area (TPSA) is 69.6 Å². The molecule has 2 N–H and O–H groups in total. The average molecular weight is 261 g/mol. The zero-order valence-corrected chi connectivity index (χ0v) is 10.8. The van der Waals surface area contributed by atoms with Crippen LogP contribution < -0.4 is 5.73 Å². The number of nitrogens with two attached hydrogens (primary N) is 1. The summed E-state index contributed by atoms with van der Waals surface area (Å²) in [6, 6.07) is 4.77. The van der Waals surface area contributed by atoms with Gasteiger partial charge >= 0.3 is 0 Å². The van der Waals surface area contributed by atoms with E-state index >= 15 is 0 Å². The molecule has 1 unspecified atom stereocenters. The third kappa shape index (κ3) is 2.07. The number of tetrazole rings is 1. The molecule has 1 aliphatic carbocycles. The van der Waals surface area contributed by atoms with Crippen LogP contribution in [0.2, 0.25) is 0 Å². The van der Waals surface area contributed by atoms with Gasteiger partial charge in [0.1, 0.15) is 5.82 Å². The van der Waals surface area contributed by atoms with Gasteiger partial charge in [-0.15, -0.1) is 5.10 Å². The molecule has 100 valence electrons. The maximum absolute atomic E-state index is 14.0. The molecule has 0 saturated heterocycles. The van der Waals surface area contributed by atoms with E-state index in [0.29, 0.717) is 23.0 Å². The van der Waals surface area contributed by atoms with Gasteiger partial charge in [0.25, 0.3) is 0 Å². The van der Waals surface area contributed by atoms with E-state index in [2.05, 4.69) is 22.4 Å². The van der Waals surface area contributed by atoms with Crippen LogP contribution in [0.3, 0.4) is 0 Å². The van der Waals surface area contributed by atoms with Gasteiger partial charge < -0.3 is 5.73 Å².